The van der Waals surface area contributed by atoms with Gasteiger partial charge >= 0.3 is 5.69 Å². The normalized spacial score (nSPS) is 20.8. The molecule has 2 unspecified atom stereocenters. The number of fused-ring (bicyclic) bond motifs is 1. The van der Waals surface area contributed by atoms with E-state index in [4.69, 9.17) is 9.98 Å². The van der Waals surface area contributed by atoms with Crippen LogP contribution in [0.5, 0.6) is 5.88 Å². The minimum absolute atomic E-state index is 0.215. The van der Waals surface area contributed by atoms with E-state index in [1.54, 1.807) is 28.1 Å². The molecular formula is C25H30N8O2S. The van der Waals surface area contributed by atoms with E-state index in [0.717, 1.165) is 42.7 Å². The number of imidazole rings is 1. The summed E-state index contributed by atoms with van der Waals surface area (Å²) in [6.07, 6.45) is 6.72. The van der Waals surface area contributed by atoms with Crippen molar-refractivity contribution in [3.63, 3.8) is 0 Å². The van der Waals surface area contributed by atoms with Gasteiger partial charge in [0.05, 0.1) is 17.9 Å². The smallest absolute Gasteiger partial charge is 0.326 e. The van der Waals surface area contributed by atoms with E-state index in [-0.39, 0.29) is 11.6 Å². The molecular weight excluding hydrogens is 476 g/mol. The number of rotatable bonds is 6. The fourth-order valence-electron chi connectivity index (χ4n) is 4.77. The maximum atomic E-state index is 11.6. The zero-order valence-electron chi connectivity index (χ0n) is 20.6. The Bertz CT molecular complexity index is 1590. The molecule has 4 aromatic rings. The summed E-state index contributed by atoms with van der Waals surface area (Å²) in [7, 11) is 4.32. The van der Waals surface area contributed by atoms with Crippen LogP contribution in [0.4, 0.5) is 0 Å². The number of aromatic hydroxyl groups is 1. The molecule has 0 aromatic carbocycles. The molecule has 6 rings (SSSR count). The minimum Gasteiger partial charge on any atom is -0.493 e. The highest BCUT2D eigenvalue weighted by Gasteiger charge is 2.28. The lowest BCUT2D eigenvalue weighted by Gasteiger charge is -2.25. The summed E-state index contributed by atoms with van der Waals surface area (Å²) in [5.74, 6) is -0.215. The number of likely N-dealkylation sites (N-methyl/N-ethyl adjacent to an activating group) is 1. The van der Waals surface area contributed by atoms with Crippen molar-refractivity contribution in [2.75, 3.05) is 27.2 Å². The van der Waals surface area contributed by atoms with Gasteiger partial charge in [0.25, 0.3) is 0 Å². The Hall–Kier alpha value is -3.28. The number of likely N-dealkylation sites (tertiary alicyclic amines) is 1. The fraction of sp³-hybridized carbons (Fsp3) is 0.440. The van der Waals surface area contributed by atoms with Gasteiger partial charge in [-0.3, -0.25) is 14.9 Å². The number of hydrogen-bond acceptors (Lipinski definition) is 8. The highest BCUT2D eigenvalue weighted by Crippen LogP contribution is 2.33. The van der Waals surface area contributed by atoms with E-state index in [1.165, 1.54) is 11.3 Å². The number of hydrogen-bond donors (Lipinski definition) is 3. The number of nitrogens with one attached hydrogen (secondary N) is 2. The summed E-state index contributed by atoms with van der Waals surface area (Å²) >= 11 is 1.77. The molecule has 0 bridgehead atoms. The maximum Gasteiger partial charge on any atom is 0.326 e. The zero-order valence-corrected chi connectivity index (χ0v) is 21.4. The van der Waals surface area contributed by atoms with Crippen LogP contribution in [0.1, 0.15) is 42.8 Å². The molecule has 0 amide bonds. The van der Waals surface area contributed by atoms with Crippen molar-refractivity contribution < 1.29 is 5.11 Å². The quantitative estimate of drug-likeness (QED) is 0.365. The first-order chi connectivity index (χ1) is 17.4. The van der Waals surface area contributed by atoms with Gasteiger partial charge in [-0.05, 0) is 52.4 Å². The Morgan fingerprint density at radius 1 is 1.28 bits per heavy atom. The Labute approximate surface area is 211 Å². The van der Waals surface area contributed by atoms with Crippen LogP contribution in [0.3, 0.4) is 0 Å². The average molecular weight is 507 g/mol. The van der Waals surface area contributed by atoms with E-state index in [0.29, 0.717) is 29.0 Å². The van der Waals surface area contributed by atoms with Crippen molar-refractivity contribution in [3.8, 4) is 17.1 Å². The van der Waals surface area contributed by atoms with Crippen molar-refractivity contribution >= 4 is 23.1 Å². The van der Waals surface area contributed by atoms with Crippen LogP contribution >= 0.6 is 11.3 Å². The van der Waals surface area contributed by atoms with Crippen LogP contribution in [0.15, 0.2) is 33.5 Å². The lowest BCUT2D eigenvalue weighted by atomic mass is 10.1. The molecule has 1 saturated heterocycles. The molecule has 5 heterocycles. The van der Waals surface area contributed by atoms with Gasteiger partial charge in [-0.15, -0.1) is 11.3 Å². The summed E-state index contributed by atoms with van der Waals surface area (Å²) in [6, 6.07) is 5.52. The Kier molecular flexibility index (Phi) is 5.78. The summed E-state index contributed by atoms with van der Waals surface area (Å²) in [4.78, 5) is 32.5. The highest BCUT2D eigenvalue weighted by molar-refractivity contribution is 7.10. The molecule has 10 nitrogen and oxygen atoms in total. The van der Waals surface area contributed by atoms with Gasteiger partial charge in [-0.1, -0.05) is 0 Å². The number of aromatic nitrogens is 5. The molecule has 1 saturated carbocycles. The second-order valence-corrected chi connectivity index (χ2v) is 10.9. The summed E-state index contributed by atoms with van der Waals surface area (Å²) in [5, 5.41) is 17.4. The van der Waals surface area contributed by atoms with Crippen LogP contribution in [-0.2, 0) is 0 Å². The zero-order chi connectivity index (χ0) is 25.0. The highest BCUT2D eigenvalue weighted by atomic mass is 32.1. The van der Waals surface area contributed by atoms with Gasteiger partial charge in [0, 0.05) is 52.3 Å². The third kappa shape index (κ3) is 4.38. The molecule has 2 atom stereocenters. The first-order valence-electron chi connectivity index (χ1n) is 12.3. The van der Waals surface area contributed by atoms with E-state index >= 15 is 0 Å². The van der Waals surface area contributed by atoms with Gasteiger partial charge in [0.1, 0.15) is 5.69 Å². The molecule has 11 heteroatoms. The number of aromatic amines is 2. The lowest BCUT2D eigenvalue weighted by Crippen LogP contribution is -2.32. The number of nitrogens with zero attached hydrogens (tertiary/aromatic N) is 6. The SMILES string of the molecule is CC(c1cc(-c2cc(=NC3CC3)n3ncc(=Cc4[nH]c(=O)[nH]c4O)c3n2)cs1)N1CCC(N(C)C)C1. The largest absolute Gasteiger partial charge is 0.493 e. The first kappa shape index (κ1) is 23.1. The van der Waals surface area contributed by atoms with Crippen molar-refractivity contribution in [1.29, 1.82) is 0 Å². The molecule has 188 valence electrons. The Balaban J connectivity index is 1.40. The van der Waals surface area contributed by atoms with Crippen LogP contribution in [0.25, 0.3) is 23.0 Å². The van der Waals surface area contributed by atoms with Crippen molar-refractivity contribution in [2.24, 2.45) is 4.99 Å². The fourth-order valence-corrected chi connectivity index (χ4v) is 5.76. The molecule has 36 heavy (non-hydrogen) atoms. The second kappa shape index (κ2) is 8.99. The second-order valence-electron chi connectivity index (χ2n) is 10.00. The predicted molar refractivity (Wildman–Crippen MR) is 139 cm³/mol. The third-order valence-corrected chi connectivity index (χ3v) is 8.28. The predicted octanol–water partition coefficient (Wildman–Crippen LogP) is 1.49. The van der Waals surface area contributed by atoms with Crippen LogP contribution in [0.2, 0.25) is 0 Å². The summed E-state index contributed by atoms with van der Waals surface area (Å²) in [6.45, 7) is 4.47. The molecule has 1 aliphatic heterocycles. The molecule has 2 aliphatic rings. The molecule has 3 N–H and O–H groups in total. The molecule has 2 fully saturated rings. The van der Waals surface area contributed by atoms with E-state index < -0.39 is 5.69 Å². The minimum atomic E-state index is -0.469. The topological polar surface area (TPSA) is 118 Å². The van der Waals surface area contributed by atoms with Crippen molar-refractivity contribution in [2.45, 2.75) is 44.3 Å². The molecule has 0 radical (unpaired) electrons. The lowest BCUT2D eigenvalue weighted by molar-refractivity contribution is 0.230. The van der Waals surface area contributed by atoms with E-state index in [2.05, 4.69) is 57.3 Å². The molecule has 4 aromatic heterocycles. The van der Waals surface area contributed by atoms with Crippen LogP contribution < -0.4 is 16.4 Å². The standard InChI is InChI=1S/C25H30N8O2S/c1-14(32-7-6-18(12-32)31(2)3)21-9-16(13-36-21)19-10-22(27-17-4-5-17)33-23(28-19)15(11-26-33)8-20-24(34)30-25(35)29-20/h8-11,13-14,17-18,34H,4-7,12H2,1-3H3,(H2,29,30,35). The van der Waals surface area contributed by atoms with Gasteiger partial charge in [0.2, 0.25) is 5.88 Å². The molecule has 0 spiro atoms. The average Bonchev–Trinajstić information content (AvgIpc) is 3.25. The van der Waals surface area contributed by atoms with E-state index in [9.17, 15) is 9.90 Å². The summed E-state index contributed by atoms with van der Waals surface area (Å²) in [5.41, 5.74) is 3.11. The maximum absolute atomic E-state index is 11.6. The van der Waals surface area contributed by atoms with Gasteiger partial charge in [-0.25, -0.2) is 9.78 Å². The van der Waals surface area contributed by atoms with Crippen molar-refractivity contribution in [1.82, 2.24) is 34.4 Å². The van der Waals surface area contributed by atoms with Gasteiger partial charge < -0.3 is 15.0 Å². The monoisotopic (exact) mass is 506 g/mol. The Morgan fingerprint density at radius 3 is 2.81 bits per heavy atom. The van der Waals surface area contributed by atoms with Crippen LogP contribution in [0, 0.1) is 0 Å². The number of thiophene rings is 1. The third-order valence-electron chi connectivity index (χ3n) is 7.18. The van der Waals surface area contributed by atoms with Gasteiger partial charge in [-0.2, -0.15) is 9.61 Å². The first-order valence-corrected chi connectivity index (χ1v) is 13.2. The summed E-state index contributed by atoms with van der Waals surface area (Å²) < 4.78 is 1.73. The van der Waals surface area contributed by atoms with Crippen LogP contribution in [-0.4, -0.2) is 78.7 Å². The Morgan fingerprint density at radius 2 is 2.11 bits per heavy atom. The number of H-pyrrole nitrogens is 2. The van der Waals surface area contributed by atoms with Gasteiger partial charge in [0.15, 0.2) is 11.1 Å². The van der Waals surface area contributed by atoms with E-state index in [1.807, 2.05) is 6.07 Å². The molecule has 1 aliphatic carbocycles. The van der Waals surface area contributed by atoms with Crippen molar-refractivity contribution in [3.05, 3.63) is 55.5 Å².